The number of alkyl halides is 3. The molecule has 0 atom stereocenters. The van der Waals surface area contributed by atoms with E-state index in [1.54, 1.807) is 36.4 Å². The second-order valence-corrected chi connectivity index (χ2v) is 6.79. The molecule has 3 aromatic rings. The number of hydrazone groups is 1. The fraction of sp³-hybridized carbons (Fsp3) is 0.0526. The van der Waals surface area contributed by atoms with Gasteiger partial charge in [0, 0.05) is 5.56 Å². The van der Waals surface area contributed by atoms with E-state index in [2.05, 4.69) is 36.4 Å². The van der Waals surface area contributed by atoms with Gasteiger partial charge in [0.25, 0.3) is 5.56 Å². The summed E-state index contributed by atoms with van der Waals surface area (Å²) >= 11 is 2.61. The molecule has 0 aliphatic heterocycles. The summed E-state index contributed by atoms with van der Waals surface area (Å²) in [5.74, 6) is -3.46. The van der Waals surface area contributed by atoms with E-state index in [-0.39, 0.29) is 23.3 Å². The predicted molar refractivity (Wildman–Crippen MR) is 105 cm³/mol. The van der Waals surface area contributed by atoms with Gasteiger partial charge in [-0.25, -0.2) is 19.2 Å². The van der Waals surface area contributed by atoms with E-state index >= 15 is 0 Å². The summed E-state index contributed by atoms with van der Waals surface area (Å²) in [4.78, 5) is 18.4. The largest absolute Gasteiger partial charge is 0.419 e. The summed E-state index contributed by atoms with van der Waals surface area (Å²) in [5.41, 5.74) is -1.18. The average molecular weight is 498 g/mol. The number of aromatic nitrogens is 2. The van der Waals surface area contributed by atoms with Crippen LogP contribution < -0.4 is 11.0 Å². The lowest BCUT2D eigenvalue weighted by Crippen LogP contribution is -2.16. The lowest BCUT2D eigenvalue weighted by Gasteiger charge is -2.11. The van der Waals surface area contributed by atoms with Crippen molar-refractivity contribution in [2.24, 2.45) is 5.10 Å². The molecule has 0 bridgehead atoms. The standard InChI is InChI=1S/C19H9BrF5N5O/c20-13-6-12(19(23,24)25)14(21)11(15(13)22)8-27-30-18-28-16(9-4-2-1-3-5-9)10(7-26)17(31)29-18/h1-6,8H,(H2,28,29,30,31). The SMILES string of the molecule is N#Cc1c(-c2ccccc2)nc(NN=Cc2c(F)c(Br)cc(C(F)(F)F)c2F)[nH]c1=O. The third kappa shape index (κ3) is 4.61. The molecule has 0 radical (unpaired) electrons. The smallest absolute Gasteiger partial charge is 0.290 e. The van der Waals surface area contributed by atoms with Crippen LogP contribution in [0.3, 0.4) is 0 Å². The molecule has 1 heterocycles. The molecule has 6 nitrogen and oxygen atoms in total. The third-order valence-electron chi connectivity index (χ3n) is 3.94. The summed E-state index contributed by atoms with van der Waals surface area (Å²) in [6.07, 6.45) is -4.58. The van der Waals surface area contributed by atoms with Gasteiger partial charge in [0.15, 0.2) is 0 Å². The Labute approximate surface area is 179 Å². The molecule has 158 valence electrons. The zero-order valence-corrected chi connectivity index (χ0v) is 16.6. The van der Waals surface area contributed by atoms with E-state index in [0.29, 0.717) is 11.8 Å². The van der Waals surface area contributed by atoms with Gasteiger partial charge in [-0.3, -0.25) is 9.78 Å². The number of rotatable bonds is 4. The number of aromatic amines is 1. The van der Waals surface area contributed by atoms with Crippen molar-refractivity contribution in [3.63, 3.8) is 0 Å². The zero-order valence-electron chi connectivity index (χ0n) is 15.1. The van der Waals surface area contributed by atoms with Gasteiger partial charge in [0.1, 0.15) is 23.3 Å². The molecule has 0 amide bonds. The molecule has 1 aromatic heterocycles. The van der Waals surface area contributed by atoms with Crippen molar-refractivity contribution in [2.75, 3.05) is 5.43 Å². The minimum Gasteiger partial charge on any atom is -0.290 e. The number of nitriles is 1. The Morgan fingerprint density at radius 1 is 1.19 bits per heavy atom. The minimum absolute atomic E-state index is 0.0173. The number of hydrogen-bond acceptors (Lipinski definition) is 5. The molecular weight excluding hydrogens is 489 g/mol. The topological polar surface area (TPSA) is 93.9 Å². The Balaban J connectivity index is 1.99. The van der Waals surface area contributed by atoms with Gasteiger partial charge in [0.05, 0.1) is 27.5 Å². The number of nitrogens with zero attached hydrogens (tertiary/aromatic N) is 3. The lowest BCUT2D eigenvalue weighted by atomic mass is 10.1. The van der Waals surface area contributed by atoms with Gasteiger partial charge < -0.3 is 0 Å². The van der Waals surface area contributed by atoms with Gasteiger partial charge in [-0.1, -0.05) is 30.3 Å². The summed E-state index contributed by atoms with van der Waals surface area (Å²) in [7, 11) is 0. The molecule has 31 heavy (non-hydrogen) atoms. The molecule has 0 unspecified atom stereocenters. The maximum Gasteiger partial charge on any atom is 0.419 e. The van der Waals surface area contributed by atoms with Crippen molar-refractivity contribution in [3.05, 3.63) is 79.5 Å². The van der Waals surface area contributed by atoms with Crippen LogP contribution in [-0.4, -0.2) is 16.2 Å². The van der Waals surface area contributed by atoms with Gasteiger partial charge in [-0.05, 0) is 22.0 Å². The lowest BCUT2D eigenvalue weighted by molar-refractivity contribution is -0.140. The molecule has 12 heteroatoms. The van der Waals surface area contributed by atoms with Crippen molar-refractivity contribution in [3.8, 4) is 17.3 Å². The molecule has 0 saturated heterocycles. The van der Waals surface area contributed by atoms with Crippen LogP contribution in [0.2, 0.25) is 0 Å². The summed E-state index contributed by atoms with van der Waals surface area (Å²) in [6, 6.07) is 10.2. The molecule has 0 spiro atoms. The third-order valence-corrected chi connectivity index (χ3v) is 4.52. The first-order valence-corrected chi connectivity index (χ1v) is 9.06. The second kappa shape index (κ2) is 8.65. The second-order valence-electron chi connectivity index (χ2n) is 5.93. The predicted octanol–water partition coefficient (Wildman–Crippen LogP) is 4.81. The highest BCUT2D eigenvalue weighted by molar-refractivity contribution is 9.10. The van der Waals surface area contributed by atoms with Crippen LogP contribution in [0.5, 0.6) is 0 Å². The molecule has 2 N–H and O–H groups in total. The Morgan fingerprint density at radius 2 is 1.87 bits per heavy atom. The van der Waals surface area contributed by atoms with Crippen LogP contribution in [0, 0.1) is 23.0 Å². The highest BCUT2D eigenvalue weighted by Crippen LogP contribution is 2.35. The molecule has 0 saturated carbocycles. The van der Waals surface area contributed by atoms with Crippen molar-refractivity contribution in [1.29, 1.82) is 5.26 Å². The molecule has 3 rings (SSSR count). The monoisotopic (exact) mass is 497 g/mol. The minimum atomic E-state index is -5.05. The highest BCUT2D eigenvalue weighted by Gasteiger charge is 2.36. The van der Waals surface area contributed by atoms with Crippen molar-refractivity contribution in [2.45, 2.75) is 6.18 Å². The first-order chi connectivity index (χ1) is 14.6. The van der Waals surface area contributed by atoms with E-state index in [4.69, 9.17) is 0 Å². The quantitative estimate of drug-likeness (QED) is 0.234. The average Bonchev–Trinajstić information content (AvgIpc) is 2.72. The molecule has 2 aromatic carbocycles. The number of benzene rings is 2. The van der Waals surface area contributed by atoms with Crippen molar-refractivity contribution < 1.29 is 22.0 Å². The van der Waals surface area contributed by atoms with Crippen LogP contribution in [-0.2, 0) is 6.18 Å². The fourth-order valence-electron chi connectivity index (χ4n) is 2.54. The van der Waals surface area contributed by atoms with Crippen LogP contribution in [0.15, 0.2) is 50.8 Å². The van der Waals surface area contributed by atoms with Crippen LogP contribution in [0.1, 0.15) is 16.7 Å². The first kappa shape index (κ1) is 22.1. The van der Waals surface area contributed by atoms with Gasteiger partial charge in [-0.2, -0.15) is 23.5 Å². The van der Waals surface area contributed by atoms with Crippen molar-refractivity contribution in [1.82, 2.24) is 9.97 Å². The normalized spacial score (nSPS) is 11.5. The molecule has 0 aliphatic carbocycles. The number of anilines is 1. The number of H-pyrrole nitrogens is 1. The van der Waals surface area contributed by atoms with Gasteiger partial charge >= 0.3 is 6.18 Å². The number of nitrogens with one attached hydrogen (secondary N) is 2. The molecular formula is C19H9BrF5N5O. The van der Waals surface area contributed by atoms with E-state index in [0.717, 1.165) is 0 Å². The van der Waals surface area contributed by atoms with Gasteiger partial charge in [-0.15, -0.1) is 0 Å². The number of hydrogen-bond donors (Lipinski definition) is 2. The first-order valence-electron chi connectivity index (χ1n) is 8.27. The van der Waals surface area contributed by atoms with Crippen LogP contribution in [0.25, 0.3) is 11.3 Å². The molecule has 0 fully saturated rings. The maximum atomic E-state index is 14.2. The van der Waals surface area contributed by atoms with E-state index < -0.39 is 39.0 Å². The highest BCUT2D eigenvalue weighted by atomic mass is 79.9. The van der Waals surface area contributed by atoms with Crippen LogP contribution in [0.4, 0.5) is 27.9 Å². The number of halogens is 6. The summed E-state index contributed by atoms with van der Waals surface area (Å²) in [6.45, 7) is 0. The Hall–Kier alpha value is -3.59. The van der Waals surface area contributed by atoms with E-state index in [9.17, 15) is 32.0 Å². The summed E-state index contributed by atoms with van der Waals surface area (Å²) in [5, 5.41) is 12.7. The Bertz CT molecular complexity index is 1270. The zero-order chi connectivity index (χ0) is 22.8. The fourth-order valence-corrected chi connectivity index (χ4v) is 2.98. The van der Waals surface area contributed by atoms with E-state index in [1.165, 1.54) is 0 Å². The maximum absolute atomic E-state index is 14.2. The van der Waals surface area contributed by atoms with E-state index in [1.807, 2.05) is 0 Å². The summed E-state index contributed by atoms with van der Waals surface area (Å²) < 4.78 is 66.5. The Kier molecular flexibility index (Phi) is 6.16. The van der Waals surface area contributed by atoms with Crippen molar-refractivity contribution >= 4 is 28.1 Å². The Morgan fingerprint density at radius 3 is 2.48 bits per heavy atom. The van der Waals surface area contributed by atoms with Gasteiger partial charge in [0.2, 0.25) is 5.95 Å². The van der Waals surface area contributed by atoms with Crippen LogP contribution >= 0.6 is 15.9 Å². The molecule has 0 aliphatic rings.